The molecule has 1 aliphatic heterocycles. The molecule has 4 heteroatoms. The van der Waals surface area contributed by atoms with Gasteiger partial charge in [-0.25, -0.2) is 0 Å². The summed E-state index contributed by atoms with van der Waals surface area (Å²) in [6.45, 7) is 5.35. The molecule has 0 atom stereocenters. The van der Waals surface area contributed by atoms with Crippen LogP contribution in [0.25, 0.3) is 0 Å². The topological polar surface area (TPSA) is 30.5 Å². The average Bonchev–Trinajstić information content (AvgIpc) is 2.39. The molecule has 0 saturated heterocycles. The second kappa shape index (κ2) is 6.86. The van der Waals surface area contributed by atoms with Gasteiger partial charge in [0.05, 0.1) is 0 Å². The lowest BCUT2D eigenvalue weighted by atomic mass is 10.0. The zero-order valence-electron chi connectivity index (χ0n) is 10.8. The van der Waals surface area contributed by atoms with E-state index in [1.54, 1.807) is 0 Å². The molecule has 2 rings (SSSR count). The van der Waals surface area contributed by atoms with Crippen LogP contribution in [0.2, 0.25) is 0 Å². The van der Waals surface area contributed by atoms with Gasteiger partial charge in [0.25, 0.3) is 0 Å². The van der Waals surface area contributed by atoms with E-state index in [0.29, 0.717) is 13.2 Å². The van der Waals surface area contributed by atoms with Gasteiger partial charge in [-0.1, -0.05) is 0 Å². The highest BCUT2D eigenvalue weighted by Gasteiger charge is 2.13. The number of alkyl halides is 1. The van der Waals surface area contributed by atoms with Crippen LogP contribution in [0, 0.1) is 6.92 Å². The van der Waals surface area contributed by atoms with E-state index in [0.717, 1.165) is 43.3 Å². The molecule has 0 aliphatic carbocycles. The van der Waals surface area contributed by atoms with E-state index in [2.05, 4.69) is 24.4 Å². The van der Waals surface area contributed by atoms with Crippen LogP contribution < -0.4 is 14.8 Å². The molecule has 1 heterocycles. The van der Waals surface area contributed by atoms with Gasteiger partial charge in [-0.3, -0.25) is 0 Å². The quantitative estimate of drug-likeness (QED) is 0.636. The molecule has 18 heavy (non-hydrogen) atoms. The summed E-state index contributed by atoms with van der Waals surface area (Å²) in [6.07, 6.45) is 2.02. The molecule has 100 valence electrons. The standard InChI is InChI=1S/C14H20ClNO2/c1-11-9-13-14(18-8-7-17-13)10-12(11)3-6-16-5-2-4-15/h9-10,16H,2-8H2,1H3. The fraction of sp³-hybridized carbons (Fsp3) is 0.571. The highest BCUT2D eigenvalue weighted by atomic mass is 35.5. The van der Waals surface area contributed by atoms with Crippen LogP contribution >= 0.6 is 11.6 Å². The Morgan fingerprint density at radius 1 is 1.17 bits per heavy atom. The molecule has 3 nitrogen and oxygen atoms in total. The predicted octanol–water partition coefficient (Wildman–Crippen LogP) is 2.53. The molecule has 0 bridgehead atoms. The number of nitrogens with one attached hydrogen (secondary N) is 1. The van der Waals surface area contributed by atoms with Gasteiger partial charge in [-0.15, -0.1) is 11.6 Å². The Kier molecular flexibility index (Phi) is 5.14. The van der Waals surface area contributed by atoms with Crippen molar-refractivity contribution in [3.05, 3.63) is 23.3 Å². The Labute approximate surface area is 113 Å². The summed E-state index contributed by atoms with van der Waals surface area (Å²) in [7, 11) is 0. The summed E-state index contributed by atoms with van der Waals surface area (Å²) in [5, 5.41) is 3.39. The van der Waals surface area contributed by atoms with Crippen LogP contribution in [0.15, 0.2) is 12.1 Å². The van der Waals surface area contributed by atoms with Crippen molar-refractivity contribution in [2.24, 2.45) is 0 Å². The molecule has 1 aliphatic rings. The highest BCUT2D eigenvalue weighted by molar-refractivity contribution is 6.17. The Bertz CT molecular complexity index is 396. The van der Waals surface area contributed by atoms with E-state index in [1.165, 1.54) is 11.1 Å². The fourth-order valence-electron chi connectivity index (χ4n) is 2.04. The lowest BCUT2D eigenvalue weighted by Crippen LogP contribution is -2.20. The lowest BCUT2D eigenvalue weighted by Gasteiger charge is -2.20. The monoisotopic (exact) mass is 269 g/mol. The van der Waals surface area contributed by atoms with Crippen molar-refractivity contribution in [2.45, 2.75) is 19.8 Å². The first-order valence-corrected chi connectivity index (χ1v) is 7.00. The minimum absolute atomic E-state index is 0.642. The molecule has 0 saturated carbocycles. The fourth-order valence-corrected chi connectivity index (χ4v) is 2.18. The van der Waals surface area contributed by atoms with Crippen LogP contribution in [0.3, 0.4) is 0 Å². The van der Waals surface area contributed by atoms with Crippen molar-refractivity contribution in [2.75, 3.05) is 32.2 Å². The van der Waals surface area contributed by atoms with E-state index in [9.17, 15) is 0 Å². The number of hydrogen-bond acceptors (Lipinski definition) is 3. The molecule has 0 unspecified atom stereocenters. The van der Waals surface area contributed by atoms with E-state index in [-0.39, 0.29) is 0 Å². The first-order valence-electron chi connectivity index (χ1n) is 6.47. The van der Waals surface area contributed by atoms with Crippen LogP contribution in [-0.4, -0.2) is 32.2 Å². The Balaban J connectivity index is 1.91. The molecule has 0 fully saturated rings. The van der Waals surface area contributed by atoms with Crippen molar-refractivity contribution in [3.63, 3.8) is 0 Å². The molecular formula is C14H20ClNO2. The molecular weight excluding hydrogens is 250 g/mol. The van der Waals surface area contributed by atoms with Crippen molar-refractivity contribution in [3.8, 4) is 11.5 Å². The van der Waals surface area contributed by atoms with Gasteiger partial charge in [-0.05, 0) is 56.1 Å². The van der Waals surface area contributed by atoms with Gasteiger partial charge in [-0.2, -0.15) is 0 Å². The van der Waals surface area contributed by atoms with E-state index >= 15 is 0 Å². The number of hydrogen-bond donors (Lipinski definition) is 1. The molecule has 0 aromatic heterocycles. The van der Waals surface area contributed by atoms with Gasteiger partial charge in [0.1, 0.15) is 13.2 Å². The zero-order chi connectivity index (χ0) is 12.8. The molecule has 0 spiro atoms. The second-order valence-corrected chi connectivity index (χ2v) is 4.84. The Morgan fingerprint density at radius 3 is 2.61 bits per heavy atom. The van der Waals surface area contributed by atoms with Gasteiger partial charge < -0.3 is 14.8 Å². The van der Waals surface area contributed by atoms with E-state index in [4.69, 9.17) is 21.1 Å². The molecule has 1 aromatic rings. The third kappa shape index (κ3) is 3.53. The summed E-state index contributed by atoms with van der Waals surface area (Å²) in [5.74, 6) is 2.47. The maximum absolute atomic E-state index is 5.63. The van der Waals surface area contributed by atoms with Crippen LogP contribution in [0.5, 0.6) is 11.5 Å². The highest BCUT2D eigenvalue weighted by Crippen LogP contribution is 2.33. The first-order chi connectivity index (χ1) is 8.81. The normalized spacial score (nSPS) is 13.7. The number of rotatable bonds is 6. The van der Waals surface area contributed by atoms with Crippen LogP contribution in [0.1, 0.15) is 17.5 Å². The number of benzene rings is 1. The van der Waals surface area contributed by atoms with Gasteiger partial charge >= 0.3 is 0 Å². The lowest BCUT2D eigenvalue weighted by molar-refractivity contribution is 0.171. The largest absolute Gasteiger partial charge is 0.486 e. The van der Waals surface area contributed by atoms with Gasteiger partial charge in [0.2, 0.25) is 0 Å². The summed E-state index contributed by atoms with van der Waals surface area (Å²) in [5.41, 5.74) is 2.58. The zero-order valence-corrected chi connectivity index (χ0v) is 11.6. The Morgan fingerprint density at radius 2 is 1.89 bits per heavy atom. The third-order valence-electron chi connectivity index (χ3n) is 3.06. The molecule has 0 radical (unpaired) electrons. The van der Waals surface area contributed by atoms with Crippen molar-refractivity contribution >= 4 is 11.6 Å². The van der Waals surface area contributed by atoms with E-state index in [1.807, 2.05) is 0 Å². The predicted molar refractivity (Wildman–Crippen MR) is 74.1 cm³/mol. The minimum atomic E-state index is 0.642. The number of ether oxygens (including phenoxy) is 2. The summed E-state index contributed by atoms with van der Waals surface area (Å²) >= 11 is 5.63. The van der Waals surface area contributed by atoms with Crippen molar-refractivity contribution < 1.29 is 9.47 Å². The third-order valence-corrected chi connectivity index (χ3v) is 3.33. The first kappa shape index (κ1) is 13.5. The maximum Gasteiger partial charge on any atom is 0.161 e. The SMILES string of the molecule is Cc1cc2c(cc1CCNCCCCl)OCCO2. The number of fused-ring (bicyclic) bond motifs is 1. The molecule has 0 amide bonds. The molecule has 1 aromatic carbocycles. The minimum Gasteiger partial charge on any atom is -0.486 e. The van der Waals surface area contributed by atoms with Crippen LogP contribution in [0.4, 0.5) is 0 Å². The van der Waals surface area contributed by atoms with Crippen molar-refractivity contribution in [1.29, 1.82) is 0 Å². The van der Waals surface area contributed by atoms with Gasteiger partial charge in [0.15, 0.2) is 11.5 Å². The second-order valence-electron chi connectivity index (χ2n) is 4.46. The summed E-state index contributed by atoms with van der Waals surface area (Å²) in [6, 6.07) is 4.18. The summed E-state index contributed by atoms with van der Waals surface area (Å²) in [4.78, 5) is 0. The number of aryl methyl sites for hydroxylation is 1. The smallest absolute Gasteiger partial charge is 0.161 e. The number of halogens is 1. The summed E-state index contributed by atoms with van der Waals surface area (Å²) < 4.78 is 11.2. The molecule has 1 N–H and O–H groups in total. The maximum atomic E-state index is 5.63. The van der Waals surface area contributed by atoms with Crippen LogP contribution in [-0.2, 0) is 6.42 Å². The average molecular weight is 270 g/mol. The van der Waals surface area contributed by atoms with E-state index < -0.39 is 0 Å². The Hall–Kier alpha value is -0.930. The van der Waals surface area contributed by atoms with Gasteiger partial charge in [0, 0.05) is 5.88 Å². The van der Waals surface area contributed by atoms with Crippen molar-refractivity contribution in [1.82, 2.24) is 5.32 Å².